The second-order valence-corrected chi connectivity index (χ2v) is 5.63. The number of hydrogen-bond acceptors (Lipinski definition) is 3. The van der Waals surface area contributed by atoms with E-state index in [1.165, 1.54) is 19.1 Å². The van der Waals surface area contributed by atoms with E-state index in [0.717, 1.165) is 12.1 Å². The van der Waals surface area contributed by atoms with Crippen LogP contribution in [0.4, 0.5) is 22.0 Å². The van der Waals surface area contributed by atoms with Crippen molar-refractivity contribution in [2.75, 3.05) is 0 Å². The average Bonchev–Trinajstić information content (AvgIpc) is 2.95. The maximum absolute atomic E-state index is 12.8. The summed E-state index contributed by atoms with van der Waals surface area (Å²) >= 11 is 0. The number of hydrogen-bond donors (Lipinski definition) is 3. The van der Waals surface area contributed by atoms with Crippen LogP contribution >= 0.6 is 0 Å². The first-order chi connectivity index (χ1) is 12.5. The Bertz CT molecular complexity index is 848. The number of rotatable bonds is 6. The Labute approximate surface area is 149 Å². The number of alkyl halides is 5. The number of aryl methyl sites for hydroxylation is 1. The van der Waals surface area contributed by atoms with Crippen molar-refractivity contribution in [1.82, 2.24) is 15.3 Å². The lowest BCUT2D eigenvalue weighted by Crippen LogP contribution is -2.42. The predicted octanol–water partition coefficient (Wildman–Crippen LogP) is 3.24. The topological polar surface area (TPSA) is 95.1 Å². The van der Waals surface area contributed by atoms with Crippen LogP contribution in [0.5, 0.6) is 0 Å². The number of amides is 1. The number of carboxylic acids is 1. The highest BCUT2D eigenvalue weighted by molar-refractivity contribution is 5.96. The highest BCUT2D eigenvalue weighted by atomic mass is 19.4. The van der Waals surface area contributed by atoms with E-state index >= 15 is 0 Å². The number of halogens is 5. The molecule has 1 heterocycles. The number of benzene rings is 1. The molecule has 0 radical (unpaired) electrons. The van der Waals surface area contributed by atoms with Crippen LogP contribution in [0.15, 0.2) is 24.3 Å². The first kappa shape index (κ1) is 20.3. The molecule has 27 heavy (non-hydrogen) atoms. The lowest BCUT2D eigenvalue weighted by atomic mass is 10.1. The van der Waals surface area contributed by atoms with Crippen molar-refractivity contribution in [3.63, 3.8) is 0 Å². The van der Waals surface area contributed by atoms with Crippen molar-refractivity contribution < 1.29 is 36.6 Å². The smallest absolute Gasteiger partial charge is 0.416 e. The molecule has 1 atom stereocenters. The molecule has 0 fully saturated rings. The largest absolute Gasteiger partial charge is 0.480 e. The molecule has 0 saturated carbocycles. The summed E-state index contributed by atoms with van der Waals surface area (Å²) in [7, 11) is 0. The molecule has 0 spiro atoms. The number of aliphatic carboxylic acids is 1. The maximum atomic E-state index is 12.8. The zero-order chi connectivity index (χ0) is 20.4. The van der Waals surface area contributed by atoms with Gasteiger partial charge in [-0.25, -0.2) is 18.6 Å². The van der Waals surface area contributed by atoms with Crippen LogP contribution in [-0.2, 0) is 11.0 Å². The molecular weight excluding hydrogens is 377 g/mol. The number of aromatic nitrogens is 2. The van der Waals surface area contributed by atoms with Crippen LogP contribution in [0.2, 0.25) is 0 Å². The summed E-state index contributed by atoms with van der Waals surface area (Å²) < 4.78 is 63.2. The van der Waals surface area contributed by atoms with Gasteiger partial charge in [-0.15, -0.1) is 0 Å². The zero-order valence-corrected chi connectivity index (χ0v) is 13.8. The van der Waals surface area contributed by atoms with Crippen LogP contribution in [0, 0.1) is 6.92 Å². The molecule has 0 aliphatic carbocycles. The highest BCUT2D eigenvalue weighted by Crippen LogP contribution is 2.31. The third kappa shape index (κ3) is 5.02. The standard InChI is InChI=1S/C16H14F5N3O3/c1-7-12(14(25)23-10(15(26)27)6-11(17)18)24-13(22-7)8-3-2-4-9(5-8)16(19,20)21/h2-5,10-11H,6H2,1H3,(H,22,24)(H,23,25)(H,26,27). The molecule has 146 valence electrons. The molecule has 11 heteroatoms. The Morgan fingerprint density at radius 2 is 1.96 bits per heavy atom. The summed E-state index contributed by atoms with van der Waals surface area (Å²) in [6.07, 6.45) is -8.61. The Hall–Kier alpha value is -2.98. The highest BCUT2D eigenvalue weighted by Gasteiger charge is 2.31. The summed E-state index contributed by atoms with van der Waals surface area (Å²) in [4.78, 5) is 29.6. The normalized spacial score (nSPS) is 12.9. The van der Waals surface area contributed by atoms with E-state index in [1.807, 2.05) is 5.32 Å². The summed E-state index contributed by atoms with van der Waals surface area (Å²) in [6, 6.07) is 2.38. The number of carbonyl (C=O) groups is 2. The van der Waals surface area contributed by atoms with Gasteiger partial charge < -0.3 is 15.4 Å². The van der Waals surface area contributed by atoms with E-state index in [9.17, 15) is 31.5 Å². The maximum Gasteiger partial charge on any atom is 0.416 e. The number of carboxylic acid groups (broad SMARTS) is 1. The molecule has 0 bridgehead atoms. The predicted molar refractivity (Wildman–Crippen MR) is 83.3 cm³/mol. The summed E-state index contributed by atoms with van der Waals surface area (Å²) in [5, 5.41) is 10.8. The fraction of sp³-hybridized carbons (Fsp3) is 0.312. The minimum absolute atomic E-state index is 0.0503. The van der Waals surface area contributed by atoms with Crippen LogP contribution in [-0.4, -0.2) is 39.4 Å². The van der Waals surface area contributed by atoms with E-state index in [0.29, 0.717) is 0 Å². The second-order valence-electron chi connectivity index (χ2n) is 5.63. The van der Waals surface area contributed by atoms with Crippen LogP contribution < -0.4 is 5.32 Å². The minimum Gasteiger partial charge on any atom is -0.480 e. The summed E-state index contributed by atoms with van der Waals surface area (Å²) in [5.74, 6) is -2.73. The molecule has 1 aromatic carbocycles. The molecule has 1 amide bonds. The van der Waals surface area contributed by atoms with Gasteiger partial charge >= 0.3 is 12.1 Å². The van der Waals surface area contributed by atoms with Crippen LogP contribution in [0.3, 0.4) is 0 Å². The molecule has 3 N–H and O–H groups in total. The first-order valence-corrected chi connectivity index (χ1v) is 7.55. The minimum atomic E-state index is -4.57. The quantitative estimate of drug-likeness (QED) is 0.659. The fourth-order valence-electron chi connectivity index (χ4n) is 2.29. The average molecular weight is 391 g/mol. The number of H-pyrrole nitrogens is 1. The van der Waals surface area contributed by atoms with Crippen LogP contribution in [0.1, 0.15) is 28.2 Å². The molecule has 2 rings (SSSR count). The van der Waals surface area contributed by atoms with Crippen LogP contribution in [0.25, 0.3) is 11.4 Å². The lowest BCUT2D eigenvalue weighted by molar-refractivity contribution is -0.140. The molecule has 1 aromatic heterocycles. The van der Waals surface area contributed by atoms with Gasteiger partial charge in [0.15, 0.2) is 0 Å². The molecule has 1 unspecified atom stereocenters. The molecular formula is C16H14F5N3O3. The Balaban J connectivity index is 2.28. The number of imidazole rings is 1. The number of carbonyl (C=O) groups excluding carboxylic acids is 1. The third-order valence-corrected chi connectivity index (χ3v) is 3.58. The van der Waals surface area contributed by atoms with Crippen molar-refractivity contribution in [3.05, 3.63) is 41.2 Å². The van der Waals surface area contributed by atoms with Crippen molar-refractivity contribution in [1.29, 1.82) is 0 Å². The van der Waals surface area contributed by atoms with E-state index in [-0.39, 0.29) is 22.8 Å². The van der Waals surface area contributed by atoms with Gasteiger partial charge in [0.25, 0.3) is 5.91 Å². The van der Waals surface area contributed by atoms with Crippen molar-refractivity contribution in [2.45, 2.75) is 32.0 Å². The Morgan fingerprint density at radius 1 is 1.30 bits per heavy atom. The van der Waals surface area contributed by atoms with Crippen molar-refractivity contribution in [3.8, 4) is 11.4 Å². The van der Waals surface area contributed by atoms with Crippen molar-refractivity contribution in [2.24, 2.45) is 0 Å². The monoisotopic (exact) mass is 391 g/mol. The van der Waals surface area contributed by atoms with Gasteiger partial charge in [-0.2, -0.15) is 13.2 Å². The van der Waals surface area contributed by atoms with Gasteiger partial charge in [0, 0.05) is 17.7 Å². The second kappa shape index (κ2) is 7.72. The van der Waals surface area contributed by atoms with E-state index in [2.05, 4.69) is 9.97 Å². The number of nitrogens with one attached hydrogen (secondary N) is 2. The van der Waals surface area contributed by atoms with Gasteiger partial charge in [0.2, 0.25) is 6.43 Å². The fourth-order valence-corrected chi connectivity index (χ4v) is 2.29. The van der Waals surface area contributed by atoms with E-state index in [4.69, 9.17) is 5.11 Å². The van der Waals surface area contributed by atoms with Gasteiger partial charge in [-0.3, -0.25) is 4.79 Å². The zero-order valence-electron chi connectivity index (χ0n) is 13.8. The molecule has 2 aromatic rings. The van der Waals surface area contributed by atoms with E-state index in [1.54, 1.807) is 0 Å². The molecule has 0 saturated heterocycles. The van der Waals surface area contributed by atoms with E-state index < -0.39 is 42.5 Å². The number of aromatic amines is 1. The van der Waals surface area contributed by atoms with Gasteiger partial charge in [0.05, 0.1) is 5.56 Å². The van der Waals surface area contributed by atoms with Gasteiger partial charge in [0.1, 0.15) is 17.6 Å². The molecule has 0 aliphatic heterocycles. The lowest BCUT2D eigenvalue weighted by Gasteiger charge is -2.13. The van der Waals surface area contributed by atoms with Crippen molar-refractivity contribution >= 4 is 11.9 Å². The summed E-state index contributed by atoms with van der Waals surface area (Å²) in [6.45, 7) is 1.39. The third-order valence-electron chi connectivity index (χ3n) is 3.58. The molecule has 0 aliphatic rings. The van der Waals surface area contributed by atoms with Gasteiger partial charge in [-0.05, 0) is 19.1 Å². The SMILES string of the molecule is Cc1[nH]c(-c2cccc(C(F)(F)F)c2)nc1C(=O)NC(CC(F)F)C(=O)O. The Morgan fingerprint density at radius 3 is 2.52 bits per heavy atom. The molecule has 6 nitrogen and oxygen atoms in total. The van der Waals surface area contributed by atoms with Gasteiger partial charge in [-0.1, -0.05) is 12.1 Å². The first-order valence-electron chi connectivity index (χ1n) is 7.55. The Kier molecular flexibility index (Phi) is 5.82. The summed E-state index contributed by atoms with van der Waals surface area (Å²) in [5.41, 5.74) is -1.03. The number of nitrogens with zero attached hydrogens (tertiary/aromatic N) is 1.